The maximum atomic E-state index is 12.3. The number of likely N-dealkylation sites (N-methyl/N-ethyl adjacent to an activating group) is 1. The van der Waals surface area contributed by atoms with Crippen molar-refractivity contribution in [2.75, 3.05) is 40.4 Å². The minimum Gasteiger partial charge on any atom is -0.496 e. The number of carbonyl (C=O) groups is 2. The average molecular weight is 335 g/mol. The number of hydrogen-bond acceptors (Lipinski definition) is 5. The lowest BCUT2D eigenvalue weighted by molar-refractivity contribution is -0.138. The van der Waals surface area contributed by atoms with Crippen molar-refractivity contribution in [3.05, 3.63) is 29.8 Å². The number of methoxy groups -OCH3 is 1. The van der Waals surface area contributed by atoms with E-state index < -0.39 is 6.04 Å². The number of carbonyl (C=O) groups excluding carboxylic acids is 2. The summed E-state index contributed by atoms with van der Waals surface area (Å²) >= 11 is 0. The minimum atomic E-state index is -0.516. The van der Waals surface area contributed by atoms with E-state index in [9.17, 15) is 9.59 Å². The lowest BCUT2D eigenvalue weighted by Gasteiger charge is -2.35. The van der Waals surface area contributed by atoms with Crippen molar-refractivity contribution in [3.63, 3.8) is 0 Å². The Kier molecular flexibility index (Phi) is 6.57. The lowest BCUT2D eigenvalue weighted by atomic mass is 10.1. The molecular formula is C17H25N3O4. The first kappa shape index (κ1) is 18.2. The number of ether oxygens (including phenoxy) is 1. The molecule has 0 spiro atoms. The highest BCUT2D eigenvalue weighted by Crippen LogP contribution is 2.22. The molecule has 2 N–H and O–H groups in total. The van der Waals surface area contributed by atoms with Crippen molar-refractivity contribution in [2.24, 2.45) is 0 Å². The Morgan fingerprint density at radius 2 is 2.21 bits per heavy atom. The van der Waals surface area contributed by atoms with Gasteiger partial charge in [0.2, 0.25) is 11.8 Å². The Labute approximate surface area is 142 Å². The van der Waals surface area contributed by atoms with E-state index >= 15 is 0 Å². The zero-order valence-electron chi connectivity index (χ0n) is 14.2. The summed E-state index contributed by atoms with van der Waals surface area (Å²) in [6, 6.07) is 7.15. The van der Waals surface area contributed by atoms with E-state index in [1.165, 1.54) is 4.90 Å². The van der Waals surface area contributed by atoms with Gasteiger partial charge in [-0.1, -0.05) is 18.2 Å². The Bertz CT molecular complexity index is 579. The van der Waals surface area contributed by atoms with Crippen LogP contribution in [0.15, 0.2) is 24.3 Å². The van der Waals surface area contributed by atoms with Gasteiger partial charge in [-0.25, -0.2) is 0 Å². The van der Waals surface area contributed by atoms with E-state index in [4.69, 9.17) is 9.84 Å². The highest BCUT2D eigenvalue weighted by atomic mass is 16.5. The standard InChI is InChI=1S/C17H25N3O4/c1-19(9-10-21)16(22)11-14-17(23)18-7-8-20(14)12-13-5-3-4-6-15(13)24-2/h3-6,14,21H,7-12H2,1-2H3,(H,18,23)/t14-/m1/s1. The van der Waals surface area contributed by atoms with Crippen molar-refractivity contribution in [1.82, 2.24) is 15.1 Å². The summed E-state index contributed by atoms with van der Waals surface area (Å²) in [4.78, 5) is 28.0. The Morgan fingerprint density at radius 3 is 2.92 bits per heavy atom. The molecule has 1 heterocycles. The topological polar surface area (TPSA) is 82.1 Å². The van der Waals surface area contributed by atoms with E-state index in [1.54, 1.807) is 14.2 Å². The summed E-state index contributed by atoms with van der Waals surface area (Å²) in [6.45, 7) is 1.94. The van der Waals surface area contributed by atoms with Crippen LogP contribution in [-0.4, -0.2) is 73.2 Å². The summed E-state index contributed by atoms with van der Waals surface area (Å²) < 4.78 is 5.37. The molecule has 7 nitrogen and oxygen atoms in total. The summed E-state index contributed by atoms with van der Waals surface area (Å²) in [5.74, 6) is 0.476. The fraction of sp³-hybridized carbons (Fsp3) is 0.529. The molecule has 1 aliphatic heterocycles. The fourth-order valence-electron chi connectivity index (χ4n) is 2.82. The molecule has 132 valence electrons. The third kappa shape index (κ3) is 4.46. The molecule has 1 aromatic rings. The predicted octanol–water partition coefficient (Wildman–Crippen LogP) is -0.164. The third-order valence-electron chi connectivity index (χ3n) is 4.24. The first-order valence-corrected chi connectivity index (χ1v) is 8.05. The molecule has 0 saturated carbocycles. The second-order valence-corrected chi connectivity index (χ2v) is 5.83. The van der Waals surface area contributed by atoms with E-state index in [0.29, 0.717) is 19.6 Å². The fourth-order valence-corrected chi connectivity index (χ4v) is 2.82. The van der Waals surface area contributed by atoms with E-state index in [-0.39, 0.29) is 31.4 Å². The van der Waals surface area contributed by atoms with E-state index in [1.807, 2.05) is 29.2 Å². The molecule has 1 atom stereocenters. The van der Waals surface area contributed by atoms with Gasteiger partial charge in [-0.15, -0.1) is 0 Å². The molecule has 1 aromatic carbocycles. The largest absolute Gasteiger partial charge is 0.496 e. The molecule has 2 rings (SSSR count). The van der Waals surface area contributed by atoms with Crippen LogP contribution in [0.25, 0.3) is 0 Å². The molecular weight excluding hydrogens is 310 g/mol. The van der Waals surface area contributed by atoms with Crippen LogP contribution < -0.4 is 10.1 Å². The molecule has 0 unspecified atom stereocenters. The molecule has 1 aliphatic rings. The van der Waals surface area contributed by atoms with E-state index in [0.717, 1.165) is 11.3 Å². The van der Waals surface area contributed by atoms with Crippen LogP contribution in [0.5, 0.6) is 5.75 Å². The number of aliphatic hydroxyl groups excluding tert-OH is 1. The van der Waals surface area contributed by atoms with Gasteiger partial charge in [0.25, 0.3) is 0 Å². The van der Waals surface area contributed by atoms with Gasteiger partial charge in [-0.3, -0.25) is 14.5 Å². The van der Waals surface area contributed by atoms with Gasteiger partial charge in [0.15, 0.2) is 0 Å². The summed E-state index contributed by atoms with van der Waals surface area (Å²) in [7, 11) is 3.25. The number of benzene rings is 1. The molecule has 1 fully saturated rings. The average Bonchev–Trinajstić information content (AvgIpc) is 2.58. The summed E-state index contributed by atoms with van der Waals surface area (Å²) in [5, 5.41) is 11.8. The van der Waals surface area contributed by atoms with Gasteiger partial charge < -0.3 is 20.1 Å². The highest BCUT2D eigenvalue weighted by molar-refractivity contribution is 5.88. The van der Waals surface area contributed by atoms with Crippen LogP contribution in [-0.2, 0) is 16.1 Å². The maximum absolute atomic E-state index is 12.3. The van der Waals surface area contributed by atoms with Crippen molar-refractivity contribution in [3.8, 4) is 5.75 Å². The first-order chi connectivity index (χ1) is 11.6. The second kappa shape index (κ2) is 8.65. The van der Waals surface area contributed by atoms with Crippen LogP contribution in [0.4, 0.5) is 0 Å². The van der Waals surface area contributed by atoms with Crippen LogP contribution in [0.1, 0.15) is 12.0 Å². The number of nitrogens with one attached hydrogen (secondary N) is 1. The number of nitrogens with zero attached hydrogens (tertiary/aromatic N) is 2. The zero-order valence-corrected chi connectivity index (χ0v) is 14.2. The monoisotopic (exact) mass is 335 g/mol. The summed E-state index contributed by atoms with van der Waals surface area (Å²) in [6.07, 6.45) is 0.0947. The van der Waals surface area contributed by atoms with Crippen LogP contribution in [0.3, 0.4) is 0 Å². The molecule has 0 radical (unpaired) electrons. The molecule has 7 heteroatoms. The summed E-state index contributed by atoms with van der Waals surface area (Å²) in [5.41, 5.74) is 0.982. The van der Waals surface area contributed by atoms with Crippen molar-refractivity contribution < 1.29 is 19.4 Å². The number of para-hydroxylation sites is 1. The van der Waals surface area contributed by atoms with E-state index in [2.05, 4.69) is 5.32 Å². The normalized spacial score (nSPS) is 18.1. The molecule has 0 bridgehead atoms. The zero-order chi connectivity index (χ0) is 17.5. The van der Waals surface area contributed by atoms with Gasteiger partial charge in [0.1, 0.15) is 5.75 Å². The van der Waals surface area contributed by atoms with Gasteiger partial charge in [-0.2, -0.15) is 0 Å². The maximum Gasteiger partial charge on any atom is 0.237 e. The number of amides is 2. The smallest absolute Gasteiger partial charge is 0.237 e. The van der Waals surface area contributed by atoms with Crippen molar-refractivity contribution >= 4 is 11.8 Å². The van der Waals surface area contributed by atoms with Gasteiger partial charge in [0.05, 0.1) is 26.2 Å². The first-order valence-electron chi connectivity index (χ1n) is 8.05. The predicted molar refractivity (Wildman–Crippen MR) is 89.5 cm³/mol. The third-order valence-corrected chi connectivity index (χ3v) is 4.24. The van der Waals surface area contributed by atoms with Gasteiger partial charge in [0, 0.05) is 38.8 Å². The number of piperazine rings is 1. The van der Waals surface area contributed by atoms with Gasteiger partial charge >= 0.3 is 0 Å². The number of hydrogen-bond donors (Lipinski definition) is 2. The highest BCUT2D eigenvalue weighted by Gasteiger charge is 2.32. The lowest BCUT2D eigenvalue weighted by Crippen LogP contribution is -2.56. The van der Waals surface area contributed by atoms with Gasteiger partial charge in [-0.05, 0) is 6.07 Å². The Balaban J connectivity index is 2.11. The van der Waals surface area contributed by atoms with Crippen molar-refractivity contribution in [1.29, 1.82) is 0 Å². The van der Waals surface area contributed by atoms with Crippen LogP contribution in [0.2, 0.25) is 0 Å². The molecule has 2 amide bonds. The number of aliphatic hydroxyl groups is 1. The molecule has 1 saturated heterocycles. The quantitative estimate of drug-likeness (QED) is 0.723. The van der Waals surface area contributed by atoms with Crippen LogP contribution in [0, 0.1) is 0 Å². The SMILES string of the molecule is COc1ccccc1CN1CCNC(=O)[C@H]1CC(=O)N(C)CCO. The Hall–Kier alpha value is -2.12. The van der Waals surface area contributed by atoms with Crippen molar-refractivity contribution in [2.45, 2.75) is 19.0 Å². The Morgan fingerprint density at radius 1 is 1.46 bits per heavy atom. The molecule has 0 aromatic heterocycles. The molecule has 24 heavy (non-hydrogen) atoms. The van der Waals surface area contributed by atoms with Crippen LogP contribution >= 0.6 is 0 Å². The molecule has 0 aliphatic carbocycles. The number of rotatable bonds is 7. The second-order valence-electron chi connectivity index (χ2n) is 5.83. The minimum absolute atomic E-state index is 0.0932.